The van der Waals surface area contributed by atoms with E-state index in [4.69, 9.17) is 9.47 Å². The molecule has 0 bridgehead atoms. The highest BCUT2D eigenvalue weighted by molar-refractivity contribution is 5.81. The zero-order valence-electron chi connectivity index (χ0n) is 14.6. The first-order chi connectivity index (χ1) is 10.3. The van der Waals surface area contributed by atoms with E-state index in [1.807, 2.05) is 12.2 Å². The maximum atomic E-state index is 11.7. The van der Waals surface area contributed by atoms with Crippen LogP contribution in [-0.2, 0) is 14.3 Å². The van der Waals surface area contributed by atoms with E-state index in [-0.39, 0.29) is 0 Å². The van der Waals surface area contributed by atoms with Crippen molar-refractivity contribution in [3.8, 4) is 0 Å². The van der Waals surface area contributed by atoms with Crippen molar-refractivity contribution in [3.05, 3.63) is 12.2 Å². The number of rotatable bonds is 9. The van der Waals surface area contributed by atoms with Crippen molar-refractivity contribution in [1.82, 2.24) is 5.32 Å². The van der Waals surface area contributed by atoms with Gasteiger partial charge in [0.25, 0.3) is 0 Å². The standard InChI is InChI=1S/C17H31NO4/c1-6-7-8-9-10-11-12-13-14(15(19)21-5)18-16(20)22-17(2,3)4/h11-12,14H,6-10,13H2,1-5H3,(H,18,20)/b12-11+. The lowest BCUT2D eigenvalue weighted by Crippen LogP contribution is -2.43. The molecule has 0 aliphatic heterocycles. The van der Waals surface area contributed by atoms with E-state index in [0.717, 1.165) is 12.8 Å². The average molecular weight is 313 g/mol. The van der Waals surface area contributed by atoms with Gasteiger partial charge in [0.05, 0.1) is 7.11 Å². The predicted molar refractivity (Wildman–Crippen MR) is 87.7 cm³/mol. The first-order valence-electron chi connectivity index (χ1n) is 8.02. The van der Waals surface area contributed by atoms with E-state index in [2.05, 4.69) is 12.2 Å². The normalized spacial score (nSPS) is 13.0. The number of amides is 1. The van der Waals surface area contributed by atoms with Crippen molar-refractivity contribution < 1.29 is 19.1 Å². The smallest absolute Gasteiger partial charge is 0.408 e. The molecule has 5 nitrogen and oxygen atoms in total. The summed E-state index contributed by atoms with van der Waals surface area (Å²) >= 11 is 0. The molecule has 5 heteroatoms. The molecule has 0 radical (unpaired) electrons. The van der Waals surface area contributed by atoms with Gasteiger partial charge in [-0.05, 0) is 40.0 Å². The number of methoxy groups -OCH3 is 1. The highest BCUT2D eigenvalue weighted by atomic mass is 16.6. The zero-order valence-corrected chi connectivity index (χ0v) is 14.6. The van der Waals surface area contributed by atoms with Gasteiger partial charge in [0.2, 0.25) is 0 Å². The fourth-order valence-corrected chi connectivity index (χ4v) is 1.85. The van der Waals surface area contributed by atoms with Gasteiger partial charge in [-0.25, -0.2) is 9.59 Å². The highest BCUT2D eigenvalue weighted by Crippen LogP contribution is 2.08. The third-order valence-corrected chi connectivity index (χ3v) is 2.94. The van der Waals surface area contributed by atoms with Gasteiger partial charge in [-0.1, -0.05) is 38.3 Å². The van der Waals surface area contributed by atoms with Crippen LogP contribution in [0.3, 0.4) is 0 Å². The van der Waals surface area contributed by atoms with Crippen LogP contribution in [0.15, 0.2) is 12.2 Å². The van der Waals surface area contributed by atoms with Gasteiger partial charge in [-0.3, -0.25) is 0 Å². The number of carbonyl (C=O) groups excluding carboxylic acids is 2. The van der Waals surface area contributed by atoms with Gasteiger partial charge in [0.15, 0.2) is 0 Å². The number of carbonyl (C=O) groups is 2. The van der Waals surface area contributed by atoms with E-state index in [0.29, 0.717) is 6.42 Å². The summed E-state index contributed by atoms with van der Waals surface area (Å²) in [5, 5.41) is 2.55. The quantitative estimate of drug-likeness (QED) is 0.397. The van der Waals surface area contributed by atoms with Crippen LogP contribution in [0.4, 0.5) is 4.79 Å². The lowest BCUT2D eigenvalue weighted by atomic mass is 10.1. The Morgan fingerprint density at radius 1 is 1.14 bits per heavy atom. The first-order valence-corrected chi connectivity index (χ1v) is 8.02. The largest absolute Gasteiger partial charge is 0.467 e. The summed E-state index contributed by atoms with van der Waals surface area (Å²) in [5.74, 6) is -0.471. The Morgan fingerprint density at radius 2 is 1.82 bits per heavy atom. The Hall–Kier alpha value is -1.52. The summed E-state index contributed by atoms with van der Waals surface area (Å²) < 4.78 is 9.86. The molecule has 1 unspecified atom stereocenters. The van der Waals surface area contributed by atoms with Gasteiger partial charge < -0.3 is 14.8 Å². The molecule has 0 aromatic carbocycles. The summed E-state index contributed by atoms with van der Waals surface area (Å²) in [5.41, 5.74) is -0.597. The number of ether oxygens (including phenoxy) is 2. The van der Waals surface area contributed by atoms with Crippen LogP contribution in [-0.4, -0.2) is 30.8 Å². The second kappa shape index (κ2) is 11.1. The monoisotopic (exact) mass is 313 g/mol. The number of nitrogens with one attached hydrogen (secondary N) is 1. The molecular weight excluding hydrogens is 282 g/mol. The fourth-order valence-electron chi connectivity index (χ4n) is 1.85. The third-order valence-electron chi connectivity index (χ3n) is 2.94. The maximum absolute atomic E-state index is 11.7. The number of unbranched alkanes of at least 4 members (excludes halogenated alkanes) is 4. The molecule has 1 amide bonds. The van der Waals surface area contributed by atoms with Crippen LogP contribution in [0.25, 0.3) is 0 Å². The van der Waals surface area contributed by atoms with Crippen molar-refractivity contribution in [2.75, 3.05) is 7.11 Å². The lowest BCUT2D eigenvalue weighted by molar-refractivity contribution is -0.143. The second-order valence-corrected chi connectivity index (χ2v) is 6.28. The summed E-state index contributed by atoms with van der Waals surface area (Å²) in [4.78, 5) is 23.4. The van der Waals surface area contributed by atoms with Crippen molar-refractivity contribution >= 4 is 12.1 Å². The number of hydrogen-bond donors (Lipinski definition) is 1. The molecule has 1 atom stereocenters. The van der Waals surface area contributed by atoms with Crippen LogP contribution < -0.4 is 5.32 Å². The van der Waals surface area contributed by atoms with Crippen LogP contribution >= 0.6 is 0 Å². The Bertz CT molecular complexity index is 358. The number of esters is 1. The van der Waals surface area contributed by atoms with Gasteiger partial charge in [-0.15, -0.1) is 0 Å². The number of allylic oxidation sites excluding steroid dienone is 1. The van der Waals surface area contributed by atoms with Crippen LogP contribution in [0.2, 0.25) is 0 Å². The molecule has 22 heavy (non-hydrogen) atoms. The SMILES string of the molecule is CCCCCC/C=C/CC(NC(=O)OC(C)(C)C)C(=O)OC. The van der Waals surface area contributed by atoms with Crippen LogP contribution in [0, 0.1) is 0 Å². The van der Waals surface area contributed by atoms with Crippen LogP contribution in [0.5, 0.6) is 0 Å². The minimum absolute atomic E-state index is 0.402. The Morgan fingerprint density at radius 3 is 2.36 bits per heavy atom. The Labute approximate surface area is 134 Å². The number of alkyl carbamates (subject to hydrolysis) is 1. The van der Waals surface area contributed by atoms with E-state index in [1.54, 1.807) is 20.8 Å². The zero-order chi connectivity index (χ0) is 17.0. The minimum Gasteiger partial charge on any atom is -0.467 e. The molecule has 0 saturated heterocycles. The third kappa shape index (κ3) is 11.2. The molecule has 0 aromatic rings. The van der Waals surface area contributed by atoms with Crippen LogP contribution in [0.1, 0.15) is 66.2 Å². The molecule has 0 aliphatic rings. The van der Waals surface area contributed by atoms with Crippen molar-refractivity contribution in [1.29, 1.82) is 0 Å². The molecule has 0 spiro atoms. The molecular formula is C17H31NO4. The molecule has 0 heterocycles. The van der Waals surface area contributed by atoms with E-state index < -0.39 is 23.7 Å². The lowest BCUT2D eigenvalue weighted by Gasteiger charge is -2.22. The molecule has 0 aliphatic carbocycles. The van der Waals surface area contributed by atoms with Crippen molar-refractivity contribution in [2.45, 2.75) is 77.9 Å². The second-order valence-electron chi connectivity index (χ2n) is 6.28. The van der Waals surface area contributed by atoms with E-state index in [1.165, 1.54) is 26.4 Å². The molecule has 1 N–H and O–H groups in total. The minimum atomic E-state index is -0.716. The van der Waals surface area contributed by atoms with E-state index >= 15 is 0 Å². The van der Waals surface area contributed by atoms with E-state index in [9.17, 15) is 9.59 Å². The molecule has 0 rings (SSSR count). The van der Waals surface area contributed by atoms with Gasteiger partial charge in [-0.2, -0.15) is 0 Å². The fraction of sp³-hybridized carbons (Fsp3) is 0.765. The molecule has 128 valence electrons. The topological polar surface area (TPSA) is 64.6 Å². The highest BCUT2D eigenvalue weighted by Gasteiger charge is 2.23. The first kappa shape index (κ1) is 20.5. The van der Waals surface area contributed by atoms with Gasteiger partial charge in [0.1, 0.15) is 11.6 Å². The Balaban J connectivity index is 4.27. The molecule has 0 fully saturated rings. The predicted octanol–water partition coefficient (Wildman–Crippen LogP) is 3.97. The maximum Gasteiger partial charge on any atom is 0.408 e. The Kier molecular flexibility index (Phi) is 10.3. The summed E-state index contributed by atoms with van der Waals surface area (Å²) in [7, 11) is 1.31. The summed E-state index contributed by atoms with van der Waals surface area (Å²) in [6, 6.07) is -0.716. The average Bonchev–Trinajstić information content (AvgIpc) is 2.42. The van der Waals surface area contributed by atoms with Gasteiger partial charge >= 0.3 is 12.1 Å². The number of hydrogen-bond acceptors (Lipinski definition) is 4. The van der Waals surface area contributed by atoms with Crippen molar-refractivity contribution in [3.63, 3.8) is 0 Å². The summed E-state index contributed by atoms with van der Waals surface area (Å²) in [6.07, 6.45) is 9.56. The van der Waals surface area contributed by atoms with Crippen molar-refractivity contribution in [2.24, 2.45) is 0 Å². The molecule has 0 saturated carbocycles. The summed E-state index contributed by atoms with van der Waals surface area (Å²) in [6.45, 7) is 7.50. The molecule has 0 aromatic heterocycles. The van der Waals surface area contributed by atoms with Gasteiger partial charge in [0, 0.05) is 0 Å².